The Morgan fingerprint density at radius 2 is 1.65 bits per heavy atom. The molecule has 3 fully saturated rings. The van der Waals surface area contributed by atoms with Crippen LogP contribution in [-0.4, -0.2) is 74.9 Å². The summed E-state index contributed by atoms with van der Waals surface area (Å²) < 4.78 is 1.71. The predicted octanol–water partition coefficient (Wildman–Crippen LogP) is 4.32. The van der Waals surface area contributed by atoms with Gasteiger partial charge in [-0.05, 0) is 62.1 Å². The van der Waals surface area contributed by atoms with Crippen molar-refractivity contribution in [2.45, 2.75) is 58.5 Å². The Kier molecular flexibility index (Phi) is 8.61. The van der Waals surface area contributed by atoms with Crippen molar-refractivity contribution in [3.05, 3.63) is 75.8 Å². The number of anilines is 4. The number of carbonyl (C=O) groups is 3. The van der Waals surface area contributed by atoms with Gasteiger partial charge in [0.05, 0.1) is 17.4 Å². The standard InChI is InChI=1S/C35H39N9O4/c1-22-28-20-37-34(40-32(28)44(26-5-3-4-6-26)33(47)31(22)23(2)45)38-29-12-11-27(19-36-29)42-17-15-41(16-18-42)21-24-7-9-25(10-8-24)43-14-13-30(46)39-35(43)48/h7-12,19-20,26H,3-6,13-18,21H2,1-2H3,(H,39,46,48)(H,36,37,38,40). The lowest BCUT2D eigenvalue weighted by atomic mass is 10.0. The number of amides is 3. The molecule has 3 amide bonds. The highest BCUT2D eigenvalue weighted by atomic mass is 16.2. The molecule has 4 aromatic rings. The summed E-state index contributed by atoms with van der Waals surface area (Å²) in [5.41, 5.74) is 4.10. The minimum Gasteiger partial charge on any atom is -0.368 e. The van der Waals surface area contributed by atoms with Gasteiger partial charge in [-0.25, -0.2) is 14.8 Å². The number of hydrogen-bond acceptors (Lipinski definition) is 10. The summed E-state index contributed by atoms with van der Waals surface area (Å²) >= 11 is 0. The highest BCUT2D eigenvalue weighted by Gasteiger charge is 2.27. The Hall–Kier alpha value is -5.17. The monoisotopic (exact) mass is 649 g/mol. The Bertz CT molecular complexity index is 1930. The summed E-state index contributed by atoms with van der Waals surface area (Å²) in [6, 6.07) is 11.5. The molecular formula is C35H39N9O4. The van der Waals surface area contributed by atoms with E-state index in [-0.39, 0.29) is 34.9 Å². The summed E-state index contributed by atoms with van der Waals surface area (Å²) in [5, 5.41) is 6.28. The molecule has 3 aromatic heterocycles. The second kappa shape index (κ2) is 13.1. The van der Waals surface area contributed by atoms with Crippen LogP contribution in [0.25, 0.3) is 11.0 Å². The molecule has 7 rings (SSSR count). The number of imide groups is 1. The number of benzene rings is 1. The normalized spacial score (nSPS) is 17.6. The molecular weight excluding hydrogens is 610 g/mol. The van der Waals surface area contributed by atoms with Gasteiger partial charge < -0.3 is 10.2 Å². The van der Waals surface area contributed by atoms with E-state index in [4.69, 9.17) is 4.98 Å². The number of hydrogen-bond donors (Lipinski definition) is 2. The number of ketones is 1. The van der Waals surface area contributed by atoms with E-state index in [1.807, 2.05) is 42.6 Å². The SMILES string of the molecule is CC(=O)c1c(C)c2cnc(Nc3ccc(N4CCN(Cc5ccc(N6CCC(=O)NC6=O)cc5)CC4)cn3)nc2n(C2CCCC2)c1=O. The first-order valence-corrected chi connectivity index (χ1v) is 16.6. The van der Waals surface area contributed by atoms with Crippen molar-refractivity contribution in [3.8, 4) is 0 Å². The third-order valence-electron chi connectivity index (χ3n) is 9.68. The molecule has 1 aliphatic carbocycles. The van der Waals surface area contributed by atoms with E-state index in [1.54, 1.807) is 22.6 Å². The van der Waals surface area contributed by atoms with Gasteiger partial charge in [-0.3, -0.25) is 34.1 Å². The number of fused-ring (bicyclic) bond motifs is 1. The van der Waals surface area contributed by atoms with Crippen LogP contribution in [0.2, 0.25) is 0 Å². The second-order valence-corrected chi connectivity index (χ2v) is 12.8. The van der Waals surface area contributed by atoms with Gasteiger partial charge in [0, 0.05) is 69.0 Å². The van der Waals surface area contributed by atoms with E-state index in [2.05, 4.69) is 30.4 Å². The Balaban J connectivity index is 0.983. The number of aryl methyl sites for hydroxylation is 1. The molecule has 0 atom stereocenters. The molecule has 13 heteroatoms. The molecule has 2 saturated heterocycles. The number of aromatic nitrogens is 4. The first kappa shape index (κ1) is 31.4. The summed E-state index contributed by atoms with van der Waals surface area (Å²) in [7, 11) is 0. The lowest BCUT2D eigenvalue weighted by molar-refractivity contribution is -0.120. The maximum atomic E-state index is 13.5. The number of carbonyl (C=O) groups excluding carboxylic acids is 3. The zero-order valence-electron chi connectivity index (χ0n) is 27.2. The van der Waals surface area contributed by atoms with E-state index >= 15 is 0 Å². The number of rotatable bonds is 8. The minimum absolute atomic E-state index is 0.0167. The molecule has 248 valence electrons. The number of nitrogens with zero attached hydrogens (tertiary/aromatic N) is 7. The average molecular weight is 650 g/mol. The molecule has 5 heterocycles. The van der Waals surface area contributed by atoms with E-state index in [0.29, 0.717) is 41.3 Å². The van der Waals surface area contributed by atoms with Crippen molar-refractivity contribution in [2.75, 3.05) is 47.8 Å². The van der Waals surface area contributed by atoms with Crippen molar-refractivity contribution in [1.29, 1.82) is 0 Å². The van der Waals surface area contributed by atoms with Crippen molar-refractivity contribution < 1.29 is 14.4 Å². The summed E-state index contributed by atoms with van der Waals surface area (Å²) in [5.74, 6) is 0.469. The molecule has 1 aromatic carbocycles. The average Bonchev–Trinajstić information content (AvgIpc) is 3.61. The van der Waals surface area contributed by atoms with Crippen molar-refractivity contribution in [2.24, 2.45) is 0 Å². The lowest BCUT2D eigenvalue weighted by Gasteiger charge is -2.36. The number of urea groups is 1. The van der Waals surface area contributed by atoms with E-state index in [9.17, 15) is 19.2 Å². The van der Waals surface area contributed by atoms with Crippen LogP contribution >= 0.6 is 0 Å². The molecule has 0 spiro atoms. The van der Waals surface area contributed by atoms with Crippen molar-refractivity contribution in [1.82, 2.24) is 29.7 Å². The topological polar surface area (TPSA) is 146 Å². The Labute approximate surface area is 278 Å². The van der Waals surface area contributed by atoms with Crippen molar-refractivity contribution in [3.63, 3.8) is 0 Å². The predicted molar refractivity (Wildman–Crippen MR) is 183 cm³/mol. The smallest absolute Gasteiger partial charge is 0.328 e. The zero-order chi connectivity index (χ0) is 33.4. The highest BCUT2D eigenvalue weighted by molar-refractivity contribution is 6.05. The van der Waals surface area contributed by atoms with E-state index in [0.717, 1.165) is 69.8 Å². The number of pyridine rings is 2. The molecule has 0 bridgehead atoms. The summed E-state index contributed by atoms with van der Waals surface area (Å²) in [6.45, 7) is 7.96. The summed E-state index contributed by atoms with van der Waals surface area (Å²) in [6.07, 6.45) is 7.71. The Morgan fingerprint density at radius 1 is 0.917 bits per heavy atom. The Morgan fingerprint density at radius 3 is 2.31 bits per heavy atom. The minimum atomic E-state index is -0.373. The summed E-state index contributed by atoms with van der Waals surface area (Å²) in [4.78, 5) is 69.7. The van der Waals surface area contributed by atoms with Gasteiger partial charge in [0.25, 0.3) is 5.56 Å². The fourth-order valence-electron chi connectivity index (χ4n) is 7.08. The largest absolute Gasteiger partial charge is 0.368 e. The second-order valence-electron chi connectivity index (χ2n) is 12.8. The van der Waals surface area contributed by atoms with Crippen LogP contribution in [0.3, 0.4) is 0 Å². The first-order chi connectivity index (χ1) is 23.2. The maximum absolute atomic E-state index is 13.5. The van der Waals surface area contributed by atoms with E-state index < -0.39 is 0 Å². The van der Waals surface area contributed by atoms with Crippen LogP contribution in [-0.2, 0) is 11.3 Å². The van der Waals surface area contributed by atoms with Gasteiger partial charge in [0.2, 0.25) is 11.9 Å². The first-order valence-electron chi connectivity index (χ1n) is 16.6. The van der Waals surface area contributed by atoms with Gasteiger partial charge in [-0.15, -0.1) is 0 Å². The van der Waals surface area contributed by atoms with Crippen LogP contribution in [0.5, 0.6) is 0 Å². The van der Waals surface area contributed by atoms with Gasteiger partial charge in [0.15, 0.2) is 5.78 Å². The number of Topliss-reactive ketones (excluding diaryl/α,β-unsaturated/α-hetero) is 1. The molecule has 0 unspecified atom stereocenters. The van der Waals surface area contributed by atoms with Crippen LogP contribution in [0, 0.1) is 6.92 Å². The number of piperazine rings is 1. The third kappa shape index (κ3) is 6.25. The molecule has 0 radical (unpaired) electrons. The molecule has 2 aliphatic heterocycles. The quantitative estimate of drug-likeness (QED) is 0.265. The molecule has 48 heavy (non-hydrogen) atoms. The van der Waals surface area contributed by atoms with Crippen LogP contribution in [0.1, 0.15) is 66.6 Å². The van der Waals surface area contributed by atoms with Gasteiger partial charge in [0.1, 0.15) is 11.5 Å². The third-order valence-corrected chi connectivity index (χ3v) is 9.68. The van der Waals surface area contributed by atoms with Gasteiger partial charge in [-0.1, -0.05) is 25.0 Å². The molecule has 1 saturated carbocycles. The van der Waals surface area contributed by atoms with Gasteiger partial charge in [-0.2, -0.15) is 4.98 Å². The van der Waals surface area contributed by atoms with Gasteiger partial charge >= 0.3 is 6.03 Å². The lowest BCUT2D eigenvalue weighted by Crippen LogP contribution is -2.49. The van der Waals surface area contributed by atoms with Crippen LogP contribution in [0.4, 0.5) is 27.9 Å². The van der Waals surface area contributed by atoms with Crippen LogP contribution in [0.15, 0.2) is 53.6 Å². The fourth-order valence-corrected chi connectivity index (χ4v) is 7.08. The van der Waals surface area contributed by atoms with Crippen LogP contribution < -0.4 is 26.0 Å². The van der Waals surface area contributed by atoms with E-state index in [1.165, 1.54) is 12.5 Å². The number of nitrogens with one attached hydrogen (secondary N) is 2. The fraction of sp³-hybridized carbons (Fsp3) is 0.400. The van der Waals surface area contributed by atoms with Crippen molar-refractivity contribution >= 4 is 51.9 Å². The highest BCUT2D eigenvalue weighted by Crippen LogP contribution is 2.32. The molecule has 3 aliphatic rings. The molecule has 2 N–H and O–H groups in total. The maximum Gasteiger partial charge on any atom is 0.328 e. The molecule has 13 nitrogen and oxygen atoms in total. The zero-order valence-corrected chi connectivity index (χ0v) is 27.2.